The molecule has 0 amide bonds. The number of nitrogens with one attached hydrogen (secondary N) is 1. The van der Waals surface area contributed by atoms with Crippen LogP contribution in [0.4, 0.5) is 5.82 Å². The fourth-order valence-electron chi connectivity index (χ4n) is 1.42. The van der Waals surface area contributed by atoms with E-state index in [1.54, 1.807) is 12.4 Å². The predicted molar refractivity (Wildman–Crippen MR) is 61.0 cm³/mol. The van der Waals surface area contributed by atoms with Crippen LogP contribution in [-0.4, -0.2) is 28.0 Å². The first kappa shape index (κ1) is 10.1. The van der Waals surface area contributed by atoms with Gasteiger partial charge in [0, 0.05) is 18.9 Å². The molecule has 0 radical (unpaired) electrons. The SMILES string of the molecule is Clc1nccnc1NCC1CCSC1. The maximum Gasteiger partial charge on any atom is 0.171 e. The summed E-state index contributed by atoms with van der Waals surface area (Å²) < 4.78 is 0. The molecular weight excluding hydrogens is 218 g/mol. The van der Waals surface area contributed by atoms with Crippen LogP contribution in [0.5, 0.6) is 0 Å². The summed E-state index contributed by atoms with van der Waals surface area (Å²) in [5, 5.41) is 3.69. The van der Waals surface area contributed by atoms with Gasteiger partial charge in [-0.3, -0.25) is 0 Å². The van der Waals surface area contributed by atoms with E-state index in [1.165, 1.54) is 17.9 Å². The molecule has 1 saturated heterocycles. The molecule has 2 heterocycles. The van der Waals surface area contributed by atoms with E-state index in [-0.39, 0.29) is 0 Å². The van der Waals surface area contributed by atoms with Gasteiger partial charge in [-0.1, -0.05) is 11.6 Å². The van der Waals surface area contributed by atoms with Crippen LogP contribution < -0.4 is 5.32 Å². The van der Waals surface area contributed by atoms with Gasteiger partial charge in [-0.2, -0.15) is 11.8 Å². The normalized spacial score (nSPS) is 21.1. The van der Waals surface area contributed by atoms with Crippen molar-refractivity contribution in [2.75, 3.05) is 23.4 Å². The Kier molecular flexibility index (Phi) is 3.48. The predicted octanol–water partition coefficient (Wildman–Crippen LogP) is 2.29. The number of halogens is 1. The van der Waals surface area contributed by atoms with Crippen LogP contribution in [0.3, 0.4) is 0 Å². The van der Waals surface area contributed by atoms with Gasteiger partial charge < -0.3 is 5.32 Å². The highest BCUT2D eigenvalue weighted by molar-refractivity contribution is 7.99. The van der Waals surface area contributed by atoms with Gasteiger partial charge in [-0.05, 0) is 23.8 Å². The molecule has 0 bridgehead atoms. The molecule has 0 aromatic carbocycles. The fourth-order valence-corrected chi connectivity index (χ4v) is 2.88. The zero-order chi connectivity index (χ0) is 9.80. The molecule has 1 atom stereocenters. The maximum atomic E-state index is 5.87. The molecule has 1 fully saturated rings. The lowest BCUT2D eigenvalue weighted by atomic mass is 10.1. The lowest BCUT2D eigenvalue weighted by Crippen LogP contribution is -2.14. The van der Waals surface area contributed by atoms with Crippen LogP contribution in [0.15, 0.2) is 12.4 Å². The number of aromatic nitrogens is 2. The minimum Gasteiger partial charge on any atom is -0.367 e. The molecule has 3 nitrogen and oxygen atoms in total. The minimum absolute atomic E-state index is 0.457. The van der Waals surface area contributed by atoms with Crippen molar-refractivity contribution in [1.29, 1.82) is 0 Å². The Morgan fingerprint density at radius 1 is 1.50 bits per heavy atom. The van der Waals surface area contributed by atoms with Crippen LogP contribution in [0.25, 0.3) is 0 Å². The van der Waals surface area contributed by atoms with Gasteiger partial charge in [-0.25, -0.2) is 9.97 Å². The Labute approximate surface area is 92.7 Å². The summed E-state index contributed by atoms with van der Waals surface area (Å²) in [5.41, 5.74) is 0. The third kappa shape index (κ3) is 2.51. The monoisotopic (exact) mass is 229 g/mol. The van der Waals surface area contributed by atoms with Gasteiger partial charge >= 0.3 is 0 Å². The highest BCUT2D eigenvalue weighted by Gasteiger charge is 2.15. The average Bonchev–Trinajstić information content (AvgIpc) is 2.69. The zero-order valence-corrected chi connectivity index (χ0v) is 9.31. The minimum atomic E-state index is 0.457. The second-order valence-electron chi connectivity index (χ2n) is 3.31. The van der Waals surface area contributed by atoms with Crippen molar-refractivity contribution >= 4 is 29.2 Å². The van der Waals surface area contributed by atoms with Crippen LogP contribution in [0.2, 0.25) is 5.15 Å². The lowest BCUT2D eigenvalue weighted by molar-refractivity contribution is 0.630. The van der Waals surface area contributed by atoms with Gasteiger partial charge in [0.1, 0.15) is 0 Å². The van der Waals surface area contributed by atoms with Crippen molar-refractivity contribution in [3.05, 3.63) is 17.5 Å². The Morgan fingerprint density at radius 2 is 2.36 bits per heavy atom. The molecule has 0 saturated carbocycles. The molecule has 2 rings (SSSR count). The van der Waals surface area contributed by atoms with Crippen LogP contribution >= 0.6 is 23.4 Å². The summed E-state index contributed by atoms with van der Waals surface area (Å²) in [6.45, 7) is 0.950. The van der Waals surface area contributed by atoms with Gasteiger partial charge in [0.25, 0.3) is 0 Å². The number of rotatable bonds is 3. The molecule has 1 unspecified atom stereocenters. The van der Waals surface area contributed by atoms with E-state index in [0.717, 1.165) is 12.5 Å². The maximum absolute atomic E-state index is 5.87. The van der Waals surface area contributed by atoms with Gasteiger partial charge in [0.2, 0.25) is 0 Å². The topological polar surface area (TPSA) is 37.8 Å². The molecule has 5 heteroatoms. The van der Waals surface area contributed by atoms with E-state index in [9.17, 15) is 0 Å². The summed E-state index contributed by atoms with van der Waals surface area (Å²) in [6.07, 6.45) is 4.53. The molecule has 0 aliphatic carbocycles. The summed E-state index contributed by atoms with van der Waals surface area (Å²) in [7, 11) is 0. The molecule has 76 valence electrons. The highest BCUT2D eigenvalue weighted by Crippen LogP contribution is 2.24. The molecular formula is C9H12ClN3S. The number of nitrogens with zero attached hydrogens (tertiary/aromatic N) is 2. The van der Waals surface area contributed by atoms with Crippen LogP contribution in [0, 0.1) is 5.92 Å². The first-order valence-corrected chi connectivity index (χ1v) is 6.17. The van der Waals surface area contributed by atoms with Gasteiger partial charge in [0.05, 0.1) is 0 Å². The molecule has 1 aliphatic heterocycles. The summed E-state index contributed by atoms with van der Waals surface area (Å²) in [6, 6.07) is 0. The standard InChI is InChI=1S/C9H12ClN3S/c10-8-9(12-3-2-11-8)13-5-7-1-4-14-6-7/h2-3,7H,1,4-6H2,(H,12,13). The largest absolute Gasteiger partial charge is 0.367 e. The van der Waals surface area contributed by atoms with Crippen molar-refractivity contribution in [3.63, 3.8) is 0 Å². The third-order valence-electron chi connectivity index (χ3n) is 2.24. The molecule has 14 heavy (non-hydrogen) atoms. The second kappa shape index (κ2) is 4.84. The lowest BCUT2D eigenvalue weighted by Gasteiger charge is -2.10. The number of anilines is 1. The molecule has 0 spiro atoms. The smallest absolute Gasteiger partial charge is 0.171 e. The van der Waals surface area contributed by atoms with Crippen LogP contribution in [0.1, 0.15) is 6.42 Å². The van der Waals surface area contributed by atoms with Crippen molar-refractivity contribution in [1.82, 2.24) is 9.97 Å². The van der Waals surface area contributed by atoms with Crippen LogP contribution in [-0.2, 0) is 0 Å². The Balaban J connectivity index is 1.88. The average molecular weight is 230 g/mol. The Hall–Kier alpha value is -0.480. The summed E-state index contributed by atoms with van der Waals surface area (Å²) >= 11 is 7.88. The second-order valence-corrected chi connectivity index (χ2v) is 4.81. The number of thioether (sulfide) groups is 1. The first-order valence-electron chi connectivity index (χ1n) is 4.64. The van der Waals surface area contributed by atoms with E-state index < -0.39 is 0 Å². The van der Waals surface area contributed by atoms with E-state index in [1.807, 2.05) is 11.8 Å². The zero-order valence-electron chi connectivity index (χ0n) is 7.74. The Bertz CT molecular complexity index is 302. The summed E-state index contributed by atoms with van der Waals surface area (Å²) in [4.78, 5) is 8.09. The van der Waals surface area contributed by atoms with E-state index in [2.05, 4.69) is 15.3 Å². The molecule has 1 aromatic heterocycles. The van der Waals surface area contributed by atoms with Crippen molar-refractivity contribution in [2.45, 2.75) is 6.42 Å². The highest BCUT2D eigenvalue weighted by atomic mass is 35.5. The molecule has 1 aliphatic rings. The van der Waals surface area contributed by atoms with E-state index in [4.69, 9.17) is 11.6 Å². The van der Waals surface area contributed by atoms with Crippen molar-refractivity contribution < 1.29 is 0 Å². The molecule has 1 N–H and O–H groups in total. The number of hydrogen-bond donors (Lipinski definition) is 1. The summed E-state index contributed by atoms with van der Waals surface area (Å²) in [5.74, 6) is 3.97. The first-order chi connectivity index (χ1) is 6.86. The Morgan fingerprint density at radius 3 is 3.07 bits per heavy atom. The van der Waals surface area contributed by atoms with Crippen molar-refractivity contribution in [2.24, 2.45) is 5.92 Å². The number of hydrogen-bond acceptors (Lipinski definition) is 4. The van der Waals surface area contributed by atoms with Gasteiger partial charge in [-0.15, -0.1) is 0 Å². The van der Waals surface area contributed by atoms with E-state index >= 15 is 0 Å². The van der Waals surface area contributed by atoms with Gasteiger partial charge in [0.15, 0.2) is 11.0 Å². The quantitative estimate of drug-likeness (QED) is 0.863. The third-order valence-corrected chi connectivity index (χ3v) is 3.74. The fraction of sp³-hybridized carbons (Fsp3) is 0.556. The van der Waals surface area contributed by atoms with E-state index in [0.29, 0.717) is 11.0 Å². The van der Waals surface area contributed by atoms with Crippen molar-refractivity contribution in [3.8, 4) is 0 Å². The molecule has 1 aromatic rings.